The van der Waals surface area contributed by atoms with Crippen molar-refractivity contribution in [3.05, 3.63) is 111 Å². The van der Waals surface area contributed by atoms with Crippen LogP contribution in [0.4, 0.5) is 9.18 Å². The van der Waals surface area contributed by atoms with Crippen molar-refractivity contribution in [1.82, 2.24) is 15.1 Å². The Balaban J connectivity index is 1.61. The number of fused-ring (bicyclic) bond motifs is 1. The van der Waals surface area contributed by atoms with E-state index in [4.69, 9.17) is 27.9 Å². The van der Waals surface area contributed by atoms with Gasteiger partial charge in [-0.1, -0.05) is 65.7 Å². The summed E-state index contributed by atoms with van der Waals surface area (Å²) in [5.74, 6) is -1.19. The predicted molar refractivity (Wildman–Crippen MR) is 149 cm³/mol. The van der Waals surface area contributed by atoms with E-state index in [2.05, 4.69) is 10.4 Å². The summed E-state index contributed by atoms with van der Waals surface area (Å²) in [4.78, 5) is 13.0. The zero-order chi connectivity index (χ0) is 27.7. The van der Waals surface area contributed by atoms with Gasteiger partial charge in [0.05, 0.1) is 39.5 Å². The third-order valence-corrected chi connectivity index (χ3v) is 8.17. The number of benzene rings is 3. The number of amides is 1. The van der Waals surface area contributed by atoms with E-state index in [9.17, 15) is 17.6 Å². The maximum absolute atomic E-state index is 13.4. The highest BCUT2D eigenvalue weighted by atomic mass is 35.5. The van der Waals surface area contributed by atoms with Gasteiger partial charge in [0.1, 0.15) is 5.82 Å². The fourth-order valence-electron chi connectivity index (χ4n) is 4.31. The fraction of sp³-hybridized carbons (Fsp3) is 0.143. The number of carbonyl (C=O) groups is 1. The van der Waals surface area contributed by atoms with Crippen molar-refractivity contribution in [2.45, 2.75) is 18.7 Å². The zero-order valence-corrected chi connectivity index (χ0v) is 22.9. The SMILES string of the molecule is C[C@H](NC(=O)Oc1c2c(nn1-c1ccc(Cl)cc1Cl)/C(=C/c1ccc(F)cc1)CS(=O)(=O)C2)c1ccccc1. The van der Waals surface area contributed by atoms with Crippen molar-refractivity contribution in [2.24, 2.45) is 0 Å². The number of nitrogens with one attached hydrogen (secondary N) is 1. The molecule has 7 nitrogen and oxygen atoms in total. The van der Waals surface area contributed by atoms with E-state index in [0.717, 1.165) is 5.56 Å². The van der Waals surface area contributed by atoms with Gasteiger partial charge in [0, 0.05) is 5.02 Å². The van der Waals surface area contributed by atoms with Crippen molar-refractivity contribution in [1.29, 1.82) is 0 Å². The molecule has 1 N–H and O–H groups in total. The molecule has 3 aromatic carbocycles. The zero-order valence-electron chi connectivity index (χ0n) is 20.6. The van der Waals surface area contributed by atoms with E-state index < -0.39 is 27.5 Å². The Morgan fingerprint density at radius 1 is 1.08 bits per heavy atom. The third kappa shape index (κ3) is 6.00. The summed E-state index contributed by atoms with van der Waals surface area (Å²) < 4.78 is 46.5. The van der Waals surface area contributed by atoms with Gasteiger partial charge in [-0.15, -0.1) is 0 Å². The van der Waals surface area contributed by atoms with Gasteiger partial charge in [0.25, 0.3) is 0 Å². The lowest BCUT2D eigenvalue weighted by Gasteiger charge is -2.17. The fourth-order valence-corrected chi connectivity index (χ4v) is 6.29. The van der Waals surface area contributed by atoms with Gasteiger partial charge in [-0.3, -0.25) is 0 Å². The smallest absolute Gasteiger partial charge is 0.391 e. The van der Waals surface area contributed by atoms with Crippen LogP contribution < -0.4 is 10.1 Å². The second-order valence-electron chi connectivity index (χ2n) is 9.06. The van der Waals surface area contributed by atoms with Crippen LogP contribution in [0.3, 0.4) is 0 Å². The summed E-state index contributed by atoms with van der Waals surface area (Å²) >= 11 is 12.6. The first-order valence-corrected chi connectivity index (χ1v) is 14.4. The van der Waals surface area contributed by atoms with Gasteiger partial charge in [-0.05, 0) is 60.0 Å². The lowest BCUT2D eigenvalue weighted by molar-refractivity contribution is 0.193. The van der Waals surface area contributed by atoms with Gasteiger partial charge >= 0.3 is 6.09 Å². The second kappa shape index (κ2) is 10.8. The van der Waals surface area contributed by atoms with E-state index in [1.165, 1.54) is 35.0 Å². The molecule has 0 saturated carbocycles. The molecule has 1 atom stereocenters. The Morgan fingerprint density at radius 2 is 1.79 bits per heavy atom. The molecular formula is C28H22Cl2FN3O4S. The molecule has 0 bridgehead atoms. The van der Waals surface area contributed by atoms with Crippen LogP contribution in [0, 0.1) is 5.82 Å². The highest BCUT2D eigenvalue weighted by Crippen LogP contribution is 2.39. The first kappa shape index (κ1) is 26.9. The number of rotatable bonds is 5. The molecule has 0 radical (unpaired) electrons. The summed E-state index contributed by atoms with van der Waals surface area (Å²) in [6.07, 6.45) is 0.823. The molecule has 0 spiro atoms. The number of aromatic nitrogens is 2. The largest absolute Gasteiger partial charge is 0.414 e. The van der Waals surface area contributed by atoms with Crippen molar-refractivity contribution >= 4 is 50.8 Å². The lowest BCUT2D eigenvalue weighted by atomic mass is 10.1. The predicted octanol–water partition coefficient (Wildman–Crippen LogP) is 6.64. The molecule has 1 amide bonds. The first-order chi connectivity index (χ1) is 18.6. The summed E-state index contributed by atoms with van der Waals surface area (Å²) in [5, 5.41) is 8.01. The molecule has 2 heterocycles. The van der Waals surface area contributed by atoms with Crippen molar-refractivity contribution in [3.63, 3.8) is 0 Å². The molecule has 0 aliphatic carbocycles. The van der Waals surface area contributed by atoms with Crippen LogP contribution in [0.25, 0.3) is 17.3 Å². The average molecular weight is 586 g/mol. The molecule has 200 valence electrons. The molecule has 5 rings (SSSR count). The Labute approximate surface area is 234 Å². The Hall–Kier alpha value is -3.66. The topological polar surface area (TPSA) is 90.3 Å². The summed E-state index contributed by atoms with van der Waals surface area (Å²) in [6.45, 7) is 1.80. The molecule has 1 aliphatic heterocycles. The maximum Gasteiger partial charge on any atom is 0.414 e. The van der Waals surface area contributed by atoms with Crippen LogP contribution in [-0.2, 0) is 15.6 Å². The van der Waals surface area contributed by atoms with Crippen LogP contribution in [0.5, 0.6) is 5.88 Å². The van der Waals surface area contributed by atoms with Crippen LogP contribution in [0.1, 0.15) is 35.3 Å². The number of hydrogen-bond acceptors (Lipinski definition) is 5. The van der Waals surface area contributed by atoms with E-state index in [0.29, 0.717) is 27.5 Å². The van der Waals surface area contributed by atoms with Gasteiger partial charge < -0.3 is 10.1 Å². The number of carbonyl (C=O) groups excluding carboxylic acids is 1. The minimum absolute atomic E-state index is 0.0831. The maximum atomic E-state index is 13.4. The minimum atomic E-state index is -3.65. The van der Waals surface area contributed by atoms with Crippen LogP contribution in [0.15, 0.2) is 72.8 Å². The van der Waals surface area contributed by atoms with Gasteiger partial charge in [0.15, 0.2) is 9.84 Å². The van der Waals surface area contributed by atoms with Crippen molar-refractivity contribution in [3.8, 4) is 11.6 Å². The van der Waals surface area contributed by atoms with Crippen molar-refractivity contribution < 1.29 is 22.3 Å². The number of hydrogen-bond donors (Lipinski definition) is 1. The highest BCUT2D eigenvalue weighted by molar-refractivity contribution is 7.91. The average Bonchev–Trinajstić information content (AvgIpc) is 3.22. The van der Waals surface area contributed by atoms with E-state index >= 15 is 0 Å². The standard InChI is InChI=1S/C28H22Cl2FN3O4S/c1-17(19-5-3-2-4-6-19)32-28(35)38-27-23-16-39(36,37)15-20(13-18-7-10-22(31)11-8-18)26(23)33-34(27)25-12-9-21(29)14-24(25)30/h2-14,17H,15-16H2,1H3,(H,32,35)/b20-13+/t17-/m0/s1. The number of ether oxygens (including phenoxy) is 1. The number of halogens is 3. The molecule has 4 aromatic rings. The van der Waals surface area contributed by atoms with E-state index in [1.807, 2.05) is 30.3 Å². The summed E-state index contributed by atoms with van der Waals surface area (Å²) in [7, 11) is -3.65. The molecule has 0 fully saturated rings. The molecule has 39 heavy (non-hydrogen) atoms. The van der Waals surface area contributed by atoms with Crippen LogP contribution >= 0.6 is 23.2 Å². The van der Waals surface area contributed by atoms with Gasteiger partial charge in [0.2, 0.25) is 5.88 Å². The van der Waals surface area contributed by atoms with Gasteiger partial charge in [-0.2, -0.15) is 9.78 Å². The second-order valence-corrected chi connectivity index (χ2v) is 12.0. The van der Waals surface area contributed by atoms with E-state index in [1.54, 1.807) is 25.1 Å². The molecular weight excluding hydrogens is 564 g/mol. The Kier molecular flexibility index (Phi) is 7.48. The quantitative estimate of drug-likeness (QED) is 0.283. The lowest BCUT2D eigenvalue weighted by Crippen LogP contribution is -2.30. The summed E-state index contributed by atoms with van der Waals surface area (Å²) in [6, 6.07) is 19.2. The van der Waals surface area contributed by atoms with Crippen LogP contribution in [0.2, 0.25) is 10.0 Å². The van der Waals surface area contributed by atoms with E-state index in [-0.39, 0.29) is 28.3 Å². The van der Waals surface area contributed by atoms with Gasteiger partial charge in [-0.25, -0.2) is 17.6 Å². The molecule has 0 unspecified atom stereocenters. The molecule has 1 aliphatic rings. The monoisotopic (exact) mass is 585 g/mol. The molecule has 1 aromatic heterocycles. The summed E-state index contributed by atoms with van der Waals surface area (Å²) in [5.41, 5.74) is 2.70. The molecule has 0 saturated heterocycles. The van der Waals surface area contributed by atoms with Crippen molar-refractivity contribution in [2.75, 3.05) is 5.75 Å². The third-order valence-electron chi connectivity index (χ3n) is 6.15. The molecule has 11 heteroatoms. The Morgan fingerprint density at radius 3 is 2.49 bits per heavy atom. The number of nitrogens with zero attached hydrogens (tertiary/aromatic N) is 2. The Bertz CT molecular complexity index is 1690. The highest BCUT2D eigenvalue weighted by Gasteiger charge is 2.34. The minimum Gasteiger partial charge on any atom is -0.391 e. The first-order valence-electron chi connectivity index (χ1n) is 11.9. The van der Waals surface area contributed by atoms with Crippen LogP contribution in [-0.4, -0.2) is 30.0 Å². The number of sulfone groups is 1. The normalized spacial score (nSPS) is 15.9.